The van der Waals surface area contributed by atoms with E-state index >= 15 is 0 Å². The highest BCUT2D eigenvalue weighted by Crippen LogP contribution is 2.38. The van der Waals surface area contributed by atoms with Gasteiger partial charge in [0.05, 0.1) is 11.8 Å². The molecule has 2 aliphatic heterocycles. The number of rotatable bonds is 4. The van der Waals surface area contributed by atoms with Gasteiger partial charge in [-0.05, 0) is 86.9 Å². The second-order valence-corrected chi connectivity index (χ2v) is 10.4. The van der Waals surface area contributed by atoms with Crippen LogP contribution in [0.2, 0.25) is 0 Å². The highest BCUT2D eigenvalue weighted by molar-refractivity contribution is 5.92. The summed E-state index contributed by atoms with van der Waals surface area (Å²) in [6.07, 6.45) is 2.01. The smallest absolute Gasteiger partial charge is 0.242 e. The number of aryl methyl sites for hydroxylation is 2. The number of hydrogen-bond donors (Lipinski definition) is 3. The Balaban J connectivity index is 1.40. The van der Waals surface area contributed by atoms with Gasteiger partial charge in [-0.15, -0.1) is 0 Å². The van der Waals surface area contributed by atoms with Gasteiger partial charge in [0.2, 0.25) is 5.91 Å². The van der Waals surface area contributed by atoms with E-state index in [-0.39, 0.29) is 5.91 Å². The number of piperidine rings is 1. The van der Waals surface area contributed by atoms with E-state index in [0.29, 0.717) is 24.8 Å². The van der Waals surface area contributed by atoms with E-state index in [1.807, 2.05) is 18.7 Å². The Labute approximate surface area is 201 Å². The van der Waals surface area contributed by atoms with Gasteiger partial charge in [0, 0.05) is 40.9 Å². The first-order valence-electron chi connectivity index (χ1n) is 12.6. The first-order chi connectivity index (χ1) is 16.3. The maximum Gasteiger partial charge on any atom is 0.242 e. The average Bonchev–Trinajstić information content (AvgIpc) is 3.41. The molecule has 1 amide bonds. The number of fused-ring (bicyclic) bond motifs is 1. The molecule has 0 unspecified atom stereocenters. The third-order valence-electron chi connectivity index (χ3n) is 7.54. The number of aromatic nitrogens is 2. The number of likely N-dealkylation sites (tertiary alicyclic amines) is 1. The van der Waals surface area contributed by atoms with Gasteiger partial charge in [-0.2, -0.15) is 0 Å². The molecule has 0 radical (unpaired) electrons. The van der Waals surface area contributed by atoms with Gasteiger partial charge in [-0.3, -0.25) is 9.78 Å². The van der Waals surface area contributed by atoms with Crippen molar-refractivity contribution in [2.24, 2.45) is 0 Å². The number of amides is 1. The van der Waals surface area contributed by atoms with Crippen LogP contribution < -0.4 is 5.32 Å². The molecule has 2 atom stereocenters. The molecule has 2 aromatic heterocycles. The lowest BCUT2D eigenvalue weighted by molar-refractivity contribution is -0.136. The molecular formula is C28H36N4O2. The number of nitrogens with zero attached hydrogens (tertiary/aromatic N) is 2. The van der Waals surface area contributed by atoms with Gasteiger partial charge in [0.25, 0.3) is 0 Å². The Morgan fingerprint density at radius 2 is 1.79 bits per heavy atom. The fourth-order valence-corrected chi connectivity index (χ4v) is 5.86. The van der Waals surface area contributed by atoms with Crippen LogP contribution in [0.1, 0.15) is 67.5 Å². The number of carbonyl (C=O) groups is 1. The number of hydrogen-bond acceptors (Lipinski definition) is 4. The van der Waals surface area contributed by atoms with Crippen LogP contribution in [0, 0.1) is 13.8 Å². The van der Waals surface area contributed by atoms with E-state index in [1.54, 1.807) is 0 Å². The van der Waals surface area contributed by atoms with E-state index in [2.05, 4.69) is 59.5 Å². The van der Waals surface area contributed by atoms with Crippen LogP contribution >= 0.6 is 0 Å². The molecule has 6 nitrogen and oxygen atoms in total. The third kappa shape index (κ3) is 4.25. The van der Waals surface area contributed by atoms with Gasteiger partial charge >= 0.3 is 0 Å². The summed E-state index contributed by atoms with van der Waals surface area (Å²) in [7, 11) is 0. The summed E-state index contributed by atoms with van der Waals surface area (Å²) in [5, 5.41) is 14.5. The predicted octanol–water partition coefficient (Wildman–Crippen LogP) is 4.40. The Hall–Kier alpha value is -2.70. The van der Waals surface area contributed by atoms with Gasteiger partial charge in [-0.25, -0.2) is 0 Å². The van der Waals surface area contributed by atoms with Crippen molar-refractivity contribution in [2.75, 3.05) is 19.6 Å². The molecule has 6 heteroatoms. The van der Waals surface area contributed by atoms with Crippen LogP contribution in [0.4, 0.5) is 0 Å². The lowest BCUT2D eigenvalue weighted by atomic mass is 9.87. The summed E-state index contributed by atoms with van der Waals surface area (Å²) < 4.78 is 0. The maximum atomic E-state index is 12.8. The molecule has 3 N–H and O–H groups in total. The summed E-state index contributed by atoms with van der Waals surface area (Å²) in [6.45, 7) is 10.8. The summed E-state index contributed by atoms with van der Waals surface area (Å²) in [4.78, 5) is 23.0. The van der Waals surface area contributed by atoms with E-state index in [4.69, 9.17) is 0 Å². The number of H-pyrrole nitrogens is 1. The van der Waals surface area contributed by atoms with Crippen LogP contribution in [0.5, 0.6) is 0 Å². The quantitative estimate of drug-likeness (QED) is 0.539. The molecule has 0 bridgehead atoms. The minimum Gasteiger partial charge on any atom is -0.391 e. The van der Waals surface area contributed by atoms with Gasteiger partial charge < -0.3 is 20.3 Å². The first kappa shape index (κ1) is 23.1. The molecule has 34 heavy (non-hydrogen) atoms. The Morgan fingerprint density at radius 1 is 1.09 bits per heavy atom. The maximum absolute atomic E-state index is 12.8. The Morgan fingerprint density at radius 3 is 2.41 bits per heavy atom. The predicted molar refractivity (Wildman–Crippen MR) is 136 cm³/mol. The first-order valence-corrected chi connectivity index (χ1v) is 12.6. The van der Waals surface area contributed by atoms with E-state index in [0.717, 1.165) is 37.3 Å². The number of carbonyl (C=O) groups excluding carboxylic acids is 1. The number of pyridine rings is 1. The molecule has 180 valence electrons. The average molecular weight is 461 g/mol. The van der Waals surface area contributed by atoms with Crippen molar-refractivity contribution in [1.29, 1.82) is 0 Å². The summed E-state index contributed by atoms with van der Waals surface area (Å²) >= 11 is 0. The van der Waals surface area contributed by atoms with Crippen molar-refractivity contribution < 1.29 is 9.90 Å². The summed E-state index contributed by atoms with van der Waals surface area (Å²) in [6, 6.07) is 10.7. The van der Waals surface area contributed by atoms with Gasteiger partial charge in [0.15, 0.2) is 0 Å². The zero-order valence-electron chi connectivity index (χ0n) is 20.7. The van der Waals surface area contributed by atoms with Crippen molar-refractivity contribution in [2.45, 2.75) is 70.9 Å². The zero-order chi connectivity index (χ0) is 24.0. The highest BCUT2D eigenvalue weighted by Gasteiger charge is 2.35. The van der Waals surface area contributed by atoms with Crippen molar-refractivity contribution in [3.8, 4) is 11.3 Å². The molecule has 0 aliphatic carbocycles. The zero-order valence-corrected chi connectivity index (χ0v) is 20.7. The SMILES string of the molecule is Cc1cc(-c2[nH]c3ccc(C4CCN(C(=O)[C@H]5NCC[C@H]5O)CC4)cc3c2C(C)C)cc(C)n1. The molecule has 2 aliphatic rings. The summed E-state index contributed by atoms with van der Waals surface area (Å²) in [5.74, 6) is 0.885. The number of aliphatic hydroxyl groups is 1. The monoisotopic (exact) mass is 460 g/mol. The second-order valence-electron chi connectivity index (χ2n) is 10.4. The highest BCUT2D eigenvalue weighted by atomic mass is 16.3. The normalized spacial score (nSPS) is 21.6. The molecule has 1 aromatic carbocycles. The largest absolute Gasteiger partial charge is 0.391 e. The summed E-state index contributed by atoms with van der Waals surface area (Å²) in [5.41, 5.74) is 8.34. The molecule has 4 heterocycles. The second kappa shape index (κ2) is 9.16. The van der Waals surface area contributed by atoms with Crippen LogP contribution in [-0.2, 0) is 4.79 Å². The Kier molecular flexibility index (Phi) is 6.21. The molecule has 2 saturated heterocycles. The Bertz CT molecular complexity index is 1190. The molecule has 0 spiro atoms. The topological polar surface area (TPSA) is 81.2 Å². The van der Waals surface area contributed by atoms with Crippen molar-refractivity contribution in [3.63, 3.8) is 0 Å². The van der Waals surface area contributed by atoms with E-state index in [1.165, 1.54) is 33.3 Å². The van der Waals surface area contributed by atoms with E-state index in [9.17, 15) is 9.90 Å². The fraction of sp³-hybridized carbons (Fsp3) is 0.500. The minimum absolute atomic E-state index is 0.0548. The lowest BCUT2D eigenvalue weighted by Crippen LogP contribution is -2.50. The van der Waals surface area contributed by atoms with Gasteiger partial charge in [-0.1, -0.05) is 19.9 Å². The van der Waals surface area contributed by atoms with Gasteiger partial charge in [0.1, 0.15) is 6.04 Å². The van der Waals surface area contributed by atoms with Crippen LogP contribution in [-0.4, -0.2) is 57.7 Å². The molecule has 0 saturated carbocycles. The third-order valence-corrected chi connectivity index (χ3v) is 7.54. The van der Waals surface area contributed by atoms with Crippen molar-refractivity contribution >= 4 is 16.8 Å². The van der Waals surface area contributed by atoms with Crippen LogP contribution in [0.25, 0.3) is 22.2 Å². The van der Waals surface area contributed by atoms with Crippen molar-refractivity contribution in [3.05, 3.63) is 52.8 Å². The number of benzene rings is 1. The number of aromatic amines is 1. The standard InChI is InChI=1S/C28H36N4O2/c1-16(2)25-22-15-20(5-6-23(22)31-26(25)21-13-17(3)30-18(4)14-21)19-8-11-32(12-9-19)28(34)27-24(33)7-10-29-27/h5-6,13-16,19,24,27,29,31,33H,7-12H2,1-4H3/t24-,27+/m1/s1. The van der Waals surface area contributed by atoms with Crippen molar-refractivity contribution in [1.82, 2.24) is 20.2 Å². The number of nitrogens with one attached hydrogen (secondary N) is 2. The lowest BCUT2D eigenvalue weighted by Gasteiger charge is -2.34. The van der Waals surface area contributed by atoms with Crippen LogP contribution in [0.3, 0.4) is 0 Å². The molecular weight excluding hydrogens is 424 g/mol. The molecule has 3 aromatic rings. The molecule has 2 fully saturated rings. The minimum atomic E-state index is -0.558. The van der Waals surface area contributed by atoms with Crippen LogP contribution in [0.15, 0.2) is 30.3 Å². The number of aliphatic hydroxyl groups excluding tert-OH is 1. The molecule has 5 rings (SSSR count). The van der Waals surface area contributed by atoms with E-state index < -0.39 is 12.1 Å². The fourth-order valence-electron chi connectivity index (χ4n) is 5.86.